The summed E-state index contributed by atoms with van der Waals surface area (Å²) in [6.45, 7) is 4.69. The van der Waals surface area contributed by atoms with Gasteiger partial charge in [-0.05, 0) is 50.1 Å². The Balaban J connectivity index is 1.97. The molecule has 0 fully saturated rings. The Morgan fingerprint density at radius 3 is 2.54 bits per heavy atom. The average Bonchev–Trinajstić information content (AvgIpc) is 2.65. The summed E-state index contributed by atoms with van der Waals surface area (Å²) in [6.07, 6.45) is 1.67. The third kappa shape index (κ3) is 4.14. The Kier molecular flexibility index (Phi) is 5.65. The molecule has 0 aromatic heterocycles. The Labute approximate surface area is 166 Å². The zero-order chi connectivity index (χ0) is 20.5. The molecule has 2 aromatic rings. The highest BCUT2D eigenvalue weighted by Crippen LogP contribution is 2.31. The predicted octanol–water partition coefficient (Wildman–Crippen LogP) is 3.08. The molecule has 1 aliphatic rings. The van der Waals surface area contributed by atoms with Gasteiger partial charge in [0.1, 0.15) is 11.5 Å². The van der Waals surface area contributed by atoms with Crippen molar-refractivity contribution in [1.29, 1.82) is 0 Å². The maximum atomic E-state index is 13.3. The van der Waals surface area contributed by atoms with E-state index in [0.29, 0.717) is 25.3 Å². The van der Waals surface area contributed by atoms with E-state index < -0.39 is 9.84 Å². The van der Waals surface area contributed by atoms with Crippen LogP contribution in [0.4, 0.5) is 0 Å². The largest absolute Gasteiger partial charge is 0.496 e. The third-order valence-electron chi connectivity index (χ3n) is 4.70. The van der Waals surface area contributed by atoms with Gasteiger partial charge in [0.2, 0.25) is 0 Å². The van der Waals surface area contributed by atoms with E-state index in [0.717, 1.165) is 23.1 Å². The van der Waals surface area contributed by atoms with Crippen LogP contribution >= 0.6 is 0 Å². The minimum absolute atomic E-state index is 0.103. The van der Waals surface area contributed by atoms with E-state index in [9.17, 15) is 13.2 Å². The molecule has 6 nitrogen and oxygen atoms in total. The summed E-state index contributed by atoms with van der Waals surface area (Å²) >= 11 is 0. The molecular formula is C21H25NO5S. The normalized spacial score (nSPS) is 14.0. The van der Waals surface area contributed by atoms with Crippen molar-refractivity contribution in [1.82, 2.24) is 4.90 Å². The van der Waals surface area contributed by atoms with Gasteiger partial charge >= 0.3 is 0 Å². The molecule has 0 saturated carbocycles. The van der Waals surface area contributed by atoms with Crippen molar-refractivity contribution in [3.8, 4) is 11.5 Å². The number of hydrogen-bond acceptors (Lipinski definition) is 5. The zero-order valence-corrected chi connectivity index (χ0v) is 17.4. The molecule has 2 aromatic carbocycles. The molecule has 0 N–H and O–H groups in total. The van der Waals surface area contributed by atoms with Crippen LogP contribution < -0.4 is 9.47 Å². The van der Waals surface area contributed by atoms with E-state index in [-0.39, 0.29) is 22.5 Å². The van der Waals surface area contributed by atoms with Crippen LogP contribution in [0.3, 0.4) is 0 Å². The van der Waals surface area contributed by atoms with Crippen LogP contribution in [0.15, 0.2) is 41.3 Å². The van der Waals surface area contributed by atoms with Gasteiger partial charge in [0.15, 0.2) is 9.84 Å². The fraction of sp³-hybridized carbons (Fsp3) is 0.381. The van der Waals surface area contributed by atoms with Gasteiger partial charge in [0.25, 0.3) is 5.91 Å². The van der Waals surface area contributed by atoms with Crippen molar-refractivity contribution in [3.63, 3.8) is 0 Å². The molecule has 1 amide bonds. The first-order chi connectivity index (χ1) is 13.2. The van der Waals surface area contributed by atoms with Crippen LogP contribution in [0.25, 0.3) is 0 Å². The van der Waals surface area contributed by atoms with Gasteiger partial charge in [-0.2, -0.15) is 0 Å². The van der Waals surface area contributed by atoms with Gasteiger partial charge < -0.3 is 14.4 Å². The standard InChI is InChI=1S/C21H25NO5S/c1-14(2)27-20-9-8-16(28(4,24)25)12-18(20)21(23)22-11-10-17-15(13-22)6-5-7-19(17)26-3/h5-9,12,14H,10-11,13H2,1-4H3. The lowest BCUT2D eigenvalue weighted by Gasteiger charge is -2.30. The number of benzene rings is 2. The molecule has 0 atom stereocenters. The summed E-state index contributed by atoms with van der Waals surface area (Å²) in [7, 11) is -1.80. The van der Waals surface area contributed by atoms with Crippen molar-refractivity contribution in [2.24, 2.45) is 0 Å². The number of carbonyl (C=O) groups is 1. The van der Waals surface area contributed by atoms with Crippen molar-refractivity contribution in [2.75, 3.05) is 19.9 Å². The second-order valence-electron chi connectivity index (χ2n) is 7.17. The van der Waals surface area contributed by atoms with E-state index >= 15 is 0 Å². The van der Waals surface area contributed by atoms with Gasteiger partial charge in [-0.15, -0.1) is 0 Å². The topological polar surface area (TPSA) is 72.9 Å². The molecule has 0 unspecified atom stereocenters. The van der Waals surface area contributed by atoms with Crippen LogP contribution in [0, 0.1) is 0 Å². The molecule has 0 saturated heterocycles. The van der Waals surface area contributed by atoms with Gasteiger partial charge in [-0.25, -0.2) is 8.42 Å². The molecular weight excluding hydrogens is 378 g/mol. The second-order valence-corrected chi connectivity index (χ2v) is 9.19. The molecule has 3 rings (SSSR count). The van der Waals surface area contributed by atoms with E-state index in [1.807, 2.05) is 32.0 Å². The Hall–Kier alpha value is -2.54. The summed E-state index contributed by atoms with van der Waals surface area (Å²) in [5.41, 5.74) is 2.41. The van der Waals surface area contributed by atoms with Crippen LogP contribution in [0.5, 0.6) is 11.5 Å². The fourth-order valence-electron chi connectivity index (χ4n) is 3.37. The first kappa shape index (κ1) is 20.2. The SMILES string of the molecule is COc1cccc2c1CCN(C(=O)c1cc(S(C)(=O)=O)ccc1OC(C)C)C2. The van der Waals surface area contributed by atoms with Gasteiger partial charge in [-0.3, -0.25) is 4.79 Å². The Morgan fingerprint density at radius 1 is 1.14 bits per heavy atom. The molecule has 28 heavy (non-hydrogen) atoms. The first-order valence-corrected chi connectivity index (χ1v) is 11.0. The lowest BCUT2D eigenvalue weighted by Crippen LogP contribution is -2.36. The lowest BCUT2D eigenvalue weighted by molar-refractivity contribution is 0.0727. The highest BCUT2D eigenvalue weighted by atomic mass is 32.2. The highest BCUT2D eigenvalue weighted by molar-refractivity contribution is 7.90. The van der Waals surface area contributed by atoms with E-state index in [2.05, 4.69) is 0 Å². The van der Waals surface area contributed by atoms with E-state index in [1.54, 1.807) is 18.1 Å². The Morgan fingerprint density at radius 2 is 1.89 bits per heavy atom. The number of nitrogens with zero attached hydrogens (tertiary/aromatic N) is 1. The lowest BCUT2D eigenvalue weighted by atomic mass is 9.98. The fourth-order valence-corrected chi connectivity index (χ4v) is 4.02. The van der Waals surface area contributed by atoms with Crippen LogP contribution in [0.2, 0.25) is 0 Å². The molecule has 1 heterocycles. The first-order valence-electron chi connectivity index (χ1n) is 9.15. The van der Waals surface area contributed by atoms with E-state index in [4.69, 9.17) is 9.47 Å². The minimum Gasteiger partial charge on any atom is -0.496 e. The van der Waals surface area contributed by atoms with Crippen molar-refractivity contribution in [3.05, 3.63) is 53.1 Å². The summed E-state index contributed by atoms with van der Waals surface area (Å²) in [5.74, 6) is 0.978. The highest BCUT2D eigenvalue weighted by Gasteiger charge is 2.27. The molecule has 150 valence electrons. The zero-order valence-electron chi connectivity index (χ0n) is 16.6. The Bertz CT molecular complexity index is 998. The van der Waals surface area contributed by atoms with Crippen LogP contribution in [-0.2, 0) is 22.8 Å². The number of sulfone groups is 1. The number of ether oxygens (including phenoxy) is 2. The summed E-state index contributed by atoms with van der Waals surface area (Å²) in [5, 5.41) is 0. The molecule has 7 heteroatoms. The second kappa shape index (κ2) is 7.83. The van der Waals surface area contributed by atoms with Gasteiger partial charge in [0.05, 0.1) is 23.7 Å². The van der Waals surface area contributed by atoms with Crippen molar-refractivity contribution >= 4 is 15.7 Å². The van der Waals surface area contributed by atoms with Crippen molar-refractivity contribution < 1.29 is 22.7 Å². The maximum absolute atomic E-state index is 13.3. The quantitative estimate of drug-likeness (QED) is 0.767. The molecule has 0 aliphatic carbocycles. The molecule has 0 spiro atoms. The number of fused-ring (bicyclic) bond motifs is 1. The smallest absolute Gasteiger partial charge is 0.257 e. The minimum atomic E-state index is -3.44. The number of amides is 1. The van der Waals surface area contributed by atoms with Crippen molar-refractivity contribution in [2.45, 2.75) is 37.8 Å². The summed E-state index contributed by atoms with van der Waals surface area (Å²) in [4.78, 5) is 15.1. The van der Waals surface area contributed by atoms with Gasteiger partial charge in [-0.1, -0.05) is 12.1 Å². The maximum Gasteiger partial charge on any atom is 0.257 e. The summed E-state index contributed by atoms with van der Waals surface area (Å²) in [6, 6.07) is 10.3. The predicted molar refractivity (Wildman–Crippen MR) is 107 cm³/mol. The third-order valence-corrected chi connectivity index (χ3v) is 5.81. The number of rotatable bonds is 5. The molecule has 1 aliphatic heterocycles. The van der Waals surface area contributed by atoms with E-state index in [1.165, 1.54) is 12.1 Å². The summed E-state index contributed by atoms with van der Waals surface area (Å²) < 4.78 is 35.1. The number of carbonyl (C=O) groups excluding carboxylic acids is 1. The number of hydrogen-bond donors (Lipinski definition) is 0. The van der Waals surface area contributed by atoms with Gasteiger partial charge in [0, 0.05) is 24.9 Å². The average molecular weight is 404 g/mol. The van der Waals surface area contributed by atoms with Crippen LogP contribution in [-0.4, -0.2) is 45.2 Å². The van der Waals surface area contributed by atoms with Crippen LogP contribution in [0.1, 0.15) is 35.3 Å². The molecule has 0 radical (unpaired) electrons. The monoisotopic (exact) mass is 403 g/mol. The number of methoxy groups -OCH3 is 1. The molecule has 0 bridgehead atoms.